The number of hydrogen-bond acceptors (Lipinski definition) is 4. The molecule has 0 saturated carbocycles. The standard InChI is InChI=1S/IN2O4/c4-2(5)1-3(6)7/q-1. The number of hydrogen-bond donors (Lipinski definition) is 0. The number of nitro groups is 2. The third-order valence-corrected chi connectivity index (χ3v) is 0.828. The summed E-state index contributed by atoms with van der Waals surface area (Å²) in [5.74, 6) is 0. The van der Waals surface area contributed by atoms with Gasteiger partial charge in [0.05, 0.1) is 0 Å². The average Bonchev–Trinajstić information content (AvgIpc) is 1.27. The summed E-state index contributed by atoms with van der Waals surface area (Å²) in [6, 6.07) is 0. The molecule has 0 aliphatic carbocycles. The molecule has 0 aliphatic heterocycles. The Morgan fingerprint density at radius 3 is 1.43 bits per heavy atom. The molecule has 7 heavy (non-hydrogen) atoms. The third-order valence-electron chi connectivity index (χ3n) is 0.123. The molecule has 0 aromatic rings. The molecule has 0 spiro atoms. The van der Waals surface area contributed by atoms with Crippen molar-refractivity contribution in [1.29, 1.82) is 0 Å². The molecular weight excluding hydrogens is 219 g/mol. The van der Waals surface area contributed by atoms with Crippen LogP contribution in [0.25, 0.3) is 0 Å². The molecule has 0 unspecified atom stereocenters. The first kappa shape index (κ1) is 6.53. The molecule has 0 rings (SSSR count). The summed E-state index contributed by atoms with van der Waals surface area (Å²) in [5, 5.41) is 18.4. The van der Waals surface area contributed by atoms with Crippen LogP contribution in [0.3, 0.4) is 0 Å². The zero-order valence-electron chi connectivity index (χ0n) is 2.91. The quantitative estimate of drug-likeness (QED) is 0.208. The van der Waals surface area contributed by atoms with E-state index in [4.69, 9.17) is 0 Å². The fraction of sp³-hybridized carbons (Fsp3) is 0. The summed E-state index contributed by atoms with van der Waals surface area (Å²) < 4.78 is -1.78. The Morgan fingerprint density at radius 2 is 1.43 bits per heavy atom. The summed E-state index contributed by atoms with van der Waals surface area (Å²) in [4.78, 5) is 18.4. The van der Waals surface area contributed by atoms with E-state index in [1.165, 1.54) is 0 Å². The van der Waals surface area contributed by atoms with Crippen LogP contribution in [0.5, 0.6) is 0 Å². The van der Waals surface area contributed by atoms with Crippen LogP contribution < -0.4 is 21.8 Å². The van der Waals surface area contributed by atoms with Gasteiger partial charge in [-0.2, -0.15) is 0 Å². The van der Waals surface area contributed by atoms with Crippen LogP contribution in [0.4, 0.5) is 0 Å². The van der Waals surface area contributed by atoms with Crippen LogP contribution in [-0.4, -0.2) is 6.27 Å². The molecular formula is IN2O4-. The fourth-order valence-electron chi connectivity index (χ4n) is 0.0504. The molecule has 0 aliphatic rings. The maximum absolute atomic E-state index is 9.22. The van der Waals surface area contributed by atoms with Crippen LogP contribution in [0, 0.1) is 20.2 Å². The van der Waals surface area contributed by atoms with E-state index >= 15 is 0 Å². The van der Waals surface area contributed by atoms with E-state index in [-0.39, 0.29) is 0 Å². The summed E-state index contributed by atoms with van der Waals surface area (Å²) >= 11 is -2.05. The molecule has 0 amide bonds. The van der Waals surface area contributed by atoms with Gasteiger partial charge in [0.1, 0.15) is 0 Å². The van der Waals surface area contributed by atoms with Crippen LogP contribution in [0.15, 0.2) is 0 Å². The van der Waals surface area contributed by atoms with Crippen LogP contribution in [-0.2, 0) is 0 Å². The van der Waals surface area contributed by atoms with Gasteiger partial charge in [0, 0.05) is 0 Å². The van der Waals surface area contributed by atoms with Gasteiger partial charge in [-0.1, -0.05) is 0 Å². The topological polar surface area (TPSA) is 86.3 Å². The Morgan fingerprint density at radius 1 is 1.14 bits per heavy atom. The molecule has 0 fully saturated rings. The minimum absolute atomic E-state index is 0.890. The second-order valence-corrected chi connectivity index (χ2v) is 2.51. The number of halogens is 1. The summed E-state index contributed by atoms with van der Waals surface area (Å²) in [7, 11) is 0. The van der Waals surface area contributed by atoms with Crippen LogP contribution in [0.1, 0.15) is 0 Å². The van der Waals surface area contributed by atoms with E-state index in [1.54, 1.807) is 0 Å². The Kier molecular flexibility index (Phi) is 2.48. The normalized spacial score (nSPS) is 8.57. The Bertz CT molecular complexity index is 85.9. The van der Waals surface area contributed by atoms with Gasteiger partial charge in [0.15, 0.2) is 0 Å². The van der Waals surface area contributed by atoms with Crippen molar-refractivity contribution in [2.45, 2.75) is 0 Å². The number of nitrogens with zero attached hydrogens (tertiary/aromatic N) is 2. The van der Waals surface area contributed by atoms with Crippen molar-refractivity contribution >= 4 is 0 Å². The molecule has 0 heterocycles. The molecule has 6 nitrogen and oxygen atoms in total. The van der Waals surface area contributed by atoms with Gasteiger partial charge >= 0.3 is 48.3 Å². The Hall–Kier alpha value is -0.470. The zero-order chi connectivity index (χ0) is 5.86. The summed E-state index contributed by atoms with van der Waals surface area (Å²) in [6.45, 7) is 0. The predicted molar refractivity (Wildman–Crippen MR) is 14.0 cm³/mol. The molecule has 0 radical (unpaired) electrons. The Balaban J connectivity index is 3.32. The van der Waals surface area contributed by atoms with Crippen molar-refractivity contribution in [2.24, 2.45) is 0 Å². The minimum atomic E-state index is -2.05. The first-order valence-electron chi connectivity index (χ1n) is 1.07. The van der Waals surface area contributed by atoms with Gasteiger partial charge in [0.2, 0.25) is 0 Å². The van der Waals surface area contributed by atoms with E-state index in [0.717, 1.165) is 0 Å². The first-order chi connectivity index (χ1) is 3.13. The van der Waals surface area contributed by atoms with E-state index in [1.807, 2.05) is 0 Å². The van der Waals surface area contributed by atoms with Crippen molar-refractivity contribution in [3.05, 3.63) is 20.2 Å². The van der Waals surface area contributed by atoms with Gasteiger partial charge in [-0.15, -0.1) is 0 Å². The maximum atomic E-state index is 9.22. The SMILES string of the molecule is O=[N+]([O-])[I-][N+](=O)[O-]. The molecule has 42 valence electrons. The molecule has 0 bridgehead atoms. The van der Waals surface area contributed by atoms with Crippen LogP contribution in [0.2, 0.25) is 0 Å². The Labute approximate surface area is 48.8 Å². The molecule has 7 heteroatoms. The molecule has 0 aromatic heterocycles. The van der Waals surface area contributed by atoms with Crippen molar-refractivity contribution in [3.63, 3.8) is 0 Å². The first-order valence-corrected chi connectivity index (χ1v) is 3.00. The van der Waals surface area contributed by atoms with Gasteiger partial charge < -0.3 is 0 Å². The van der Waals surface area contributed by atoms with Gasteiger partial charge in [-0.05, 0) is 0 Å². The molecule has 0 N–H and O–H groups in total. The van der Waals surface area contributed by atoms with Gasteiger partial charge in [0.25, 0.3) is 0 Å². The predicted octanol–water partition coefficient (Wildman–Crippen LogP) is -3.54. The zero-order valence-corrected chi connectivity index (χ0v) is 5.06. The third kappa shape index (κ3) is 5.53. The van der Waals surface area contributed by atoms with E-state index in [0.29, 0.717) is 0 Å². The van der Waals surface area contributed by atoms with E-state index < -0.39 is 28.0 Å². The van der Waals surface area contributed by atoms with Gasteiger partial charge in [-0.25, -0.2) is 0 Å². The molecule has 0 saturated heterocycles. The molecule has 0 aromatic carbocycles. The van der Waals surface area contributed by atoms with Gasteiger partial charge in [-0.3, -0.25) is 0 Å². The van der Waals surface area contributed by atoms with Crippen molar-refractivity contribution in [3.8, 4) is 0 Å². The van der Waals surface area contributed by atoms with Crippen molar-refractivity contribution < 1.29 is 28.0 Å². The fourth-order valence-corrected chi connectivity index (χ4v) is 0.338. The second kappa shape index (κ2) is 2.66. The number of rotatable bonds is 2. The van der Waals surface area contributed by atoms with Crippen LogP contribution >= 0.6 is 0 Å². The van der Waals surface area contributed by atoms with Crippen molar-refractivity contribution in [1.82, 2.24) is 0 Å². The summed E-state index contributed by atoms with van der Waals surface area (Å²) in [6.07, 6.45) is 0. The second-order valence-electron chi connectivity index (χ2n) is 0.501. The van der Waals surface area contributed by atoms with E-state index in [2.05, 4.69) is 0 Å². The average molecular weight is 219 g/mol. The monoisotopic (exact) mass is 219 g/mol. The van der Waals surface area contributed by atoms with Crippen molar-refractivity contribution in [2.75, 3.05) is 0 Å². The van der Waals surface area contributed by atoms with E-state index in [9.17, 15) is 20.2 Å². The summed E-state index contributed by atoms with van der Waals surface area (Å²) in [5.41, 5.74) is 0. The molecule has 0 atom stereocenters.